The Balaban J connectivity index is 0.00000204. The van der Waals surface area contributed by atoms with Crippen molar-refractivity contribution >= 4 is 39.9 Å². The van der Waals surface area contributed by atoms with E-state index < -0.39 is 23.1 Å². The van der Waals surface area contributed by atoms with Crippen LogP contribution < -0.4 is 16.7 Å². The van der Waals surface area contributed by atoms with Crippen LogP contribution in [0.1, 0.15) is 96.1 Å². The van der Waals surface area contributed by atoms with E-state index in [1.807, 2.05) is 36.9 Å². The number of aromatic nitrogens is 2. The average Bonchev–Trinajstić information content (AvgIpc) is 3.75. The lowest BCUT2D eigenvalue weighted by Gasteiger charge is -2.38. The molecule has 1 spiro atoms. The Morgan fingerprint density at radius 1 is 1.00 bits per heavy atom. The van der Waals surface area contributed by atoms with Gasteiger partial charge in [0.05, 0.1) is 16.6 Å². The number of rotatable bonds is 9. The van der Waals surface area contributed by atoms with E-state index in [9.17, 15) is 23.4 Å². The van der Waals surface area contributed by atoms with Crippen molar-refractivity contribution in [2.45, 2.75) is 109 Å². The van der Waals surface area contributed by atoms with E-state index in [2.05, 4.69) is 13.9 Å². The first-order chi connectivity index (χ1) is 22.2. The molecule has 254 valence electrons. The number of carbonyl (C=O) groups excluding carboxylic acids is 3. The average molecular weight is 658 g/mol. The van der Waals surface area contributed by atoms with E-state index >= 15 is 0 Å². The molecule has 13 heteroatoms. The van der Waals surface area contributed by atoms with Gasteiger partial charge < -0.3 is 10.6 Å². The molecule has 0 radical (unpaired) electrons. The van der Waals surface area contributed by atoms with Crippen molar-refractivity contribution in [1.82, 2.24) is 28.0 Å². The third kappa shape index (κ3) is 7.02. The molecular formula is C33H51N7O5S. The maximum atomic E-state index is 13.5. The summed E-state index contributed by atoms with van der Waals surface area (Å²) >= 11 is -1.17. The van der Waals surface area contributed by atoms with Crippen LogP contribution in [0, 0.1) is 0 Å². The smallest absolute Gasteiger partial charge is 0.329 e. The highest BCUT2D eigenvalue weighted by molar-refractivity contribution is 7.80. The van der Waals surface area contributed by atoms with Gasteiger partial charge in [-0.1, -0.05) is 26.3 Å². The number of hydrogen-bond donors (Lipinski definition) is 2. The molecular weight excluding hydrogens is 606 g/mol. The number of imidazole rings is 1. The van der Waals surface area contributed by atoms with E-state index in [1.54, 1.807) is 11.6 Å². The van der Waals surface area contributed by atoms with Gasteiger partial charge in [0, 0.05) is 58.7 Å². The van der Waals surface area contributed by atoms with Crippen molar-refractivity contribution in [3.05, 3.63) is 34.2 Å². The molecule has 3 unspecified atom stereocenters. The van der Waals surface area contributed by atoms with Crippen LogP contribution in [0.4, 0.5) is 0 Å². The van der Waals surface area contributed by atoms with Gasteiger partial charge in [0.2, 0.25) is 17.7 Å². The summed E-state index contributed by atoms with van der Waals surface area (Å²) < 4.78 is 20.8. The maximum Gasteiger partial charge on any atom is 0.329 e. The molecule has 0 bridgehead atoms. The largest absolute Gasteiger partial charge is 0.341 e. The van der Waals surface area contributed by atoms with Crippen LogP contribution in [0.2, 0.25) is 0 Å². The number of aryl methyl sites for hydroxylation is 2. The highest BCUT2D eigenvalue weighted by atomic mass is 32.2. The van der Waals surface area contributed by atoms with Crippen molar-refractivity contribution in [1.29, 1.82) is 0 Å². The number of nitrogens with one attached hydrogen (secondary N) is 1. The number of nitrogens with zero attached hydrogens (tertiary/aromatic N) is 5. The number of imide groups is 1. The number of benzene rings is 1. The van der Waals surface area contributed by atoms with Crippen LogP contribution in [-0.4, -0.2) is 88.9 Å². The summed E-state index contributed by atoms with van der Waals surface area (Å²) in [5.41, 5.74) is 8.17. The SMILES string of the molecule is CC.Cn1c(=O)n(C2CCC(=O)NC2=O)c2ccc(CCCCCC(=O)N3CCC4(CCCN4S(=O)N4CCC(N)CC4)C3)cc21. The number of nitrogens with two attached hydrogens (primary N) is 1. The Morgan fingerprint density at radius 3 is 2.50 bits per heavy atom. The molecule has 4 saturated heterocycles. The van der Waals surface area contributed by atoms with E-state index in [0.717, 1.165) is 95.0 Å². The standard InChI is InChI=1S/C31H45N7O5S.C2H6/c1-34-26-20-22(8-9-24(26)38(30(34)42)25-10-11-27(39)33-29(25)41)6-3-2-4-7-28(40)35-19-15-31(21-35)14-5-16-37(31)44(43)36-17-12-23(32)13-18-36;1-2/h8-9,20,23,25H,2-7,10-19,21,32H2,1H3,(H,33,39,41);1-2H3. The first kappa shape index (κ1) is 34.5. The second-order valence-electron chi connectivity index (χ2n) is 13.1. The molecule has 1 aromatic carbocycles. The lowest BCUT2D eigenvalue weighted by molar-refractivity contribution is -0.135. The van der Waals surface area contributed by atoms with Gasteiger partial charge in [0.15, 0.2) is 11.2 Å². The minimum Gasteiger partial charge on any atom is -0.341 e. The van der Waals surface area contributed by atoms with E-state index in [1.165, 1.54) is 4.57 Å². The first-order valence-corrected chi connectivity index (χ1v) is 18.2. The van der Waals surface area contributed by atoms with Gasteiger partial charge in [-0.25, -0.2) is 17.6 Å². The second kappa shape index (κ2) is 14.9. The van der Waals surface area contributed by atoms with Crippen LogP contribution in [0.5, 0.6) is 0 Å². The van der Waals surface area contributed by atoms with Gasteiger partial charge in [0.25, 0.3) is 0 Å². The van der Waals surface area contributed by atoms with E-state index in [-0.39, 0.29) is 35.5 Å². The predicted octanol–water partition coefficient (Wildman–Crippen LogP) is 2.52. The summed E-state index contributed by atoms with van der Waals surface area (Å²) in [7, 11) is 1.71. The normalized spacial score (nSPS) is 25.2. The summed E-state index contributed by atoms with van der Waals surface area (Å²) in [5.74, 6) is -0.549. The predicted molar refractivity (Wildman–Crippen MR) is 179 cm³/mol. The van der Waals surface area contributed by atoms with Crippen molar-refractivity contribution in [3.8, 4) is 0 Å². The molecule has 3 N–H and O–H groups in total. The fourth-order valence-electron chi connectivity index (χ4n) is 7.54. The molecule has 5 heterocycles. The van der Waals surface area contributed by atoms with Gasteiger partial charge >= 0.3 is 5.69 Å². The van der Waals surface area contributed by atoms with E-state index in [4.69, 9.17) is 5.73 Å². The zero-order valence-corrected chi connectivity index (χ0v) is 28.5. The molecule has 1 aromatic heterocycles. The molecule has 4 fully saturated rings. The number of hydrogen-bond acceptors (Lipinski definition) is 6. The Kier molecular flexibility index (Phi) is 11.2. The Bertz CT molecular complexity index is 1510. The lowest BCUT2D eigenvalue weighted by Crippen LogP contribution is -2.53. The van der Waals surface area contributed by atoms with Gasteiger partial charge in [-0.3, -0.25) is 28.8 Å². The third-order valence-electron chi connectivity index (χ3n) is 10.2. The summed E-state index contributed by atoms with van der Waals surface area (Å²) in [6, 6.07) is 5.40. The quantitative estimate of drug-likeness (QED) is 0.314. The van der Waals surface area contributed by atoms with Crippen LogP contribution in [-0.2, 0) is 39.0 Å². The van der Waals surface area contributed by atoms with Crippen molar-refractivity contribution in [3.63, 3.8) is 0 Å². The Labute approximate surface area is 274 Å². The zero-order valence-electron chi connectivity index (χ0n) is 27.7. The van der Waals surface area contributed by atoms with Crippen LogP contribution >= 0.6 is 0 Å². The molecule has 0 saturated carbocycles. The van der Waals surface area contributed by atoms with Gasteiger partial charge in [0.1, 0.15) is 6.04 Å². The van der Waals surface area contributed by atoms with Crippen molar-refractivity contribution < 1.29 is 18.6 Å². The minimum absolute atomic E-state index is 0.171. The van der Waals surface area contributed by atoms with Crippen LogP contribution in [0.15, 0.2) is 23.0 Å². The maximum absolute atomic E-state index is 13.5. The number of amides is 3. The molecule has 4 aliphatic rings. The highest BCUT2D eigenvalue weighted by Gasteiger charge is 2.50. The topological polar surface area (TPSA) is 143 Å². The van der Waals surface area contributed by atoms with E-state index in [0.29, 0.717) is 24.9 Å². The Morgan fingerprint density at radius 2 is 1.76 bits per heavy atom. The fraction of sp³-hybridized carbons (Fsp3) is 0.697. The molecule has 6 rings (SSSR count). The molecule has 3 amide bonds. The molecule has 3 atom stereocenters. The van der Waals surface area contributed by atoms with Crippen LogP contribution in [0.25, 0.3) is 11.0 Å². The van der Waals surface area contributed by atoms with Gasteiger partial charge in [-0.2, -0.15) is 0 Å². The first-order valence-electron chi connectivity index (χ1n) is 17.2. The molecule has 0 aliphatic carbocycles. The van der Waals surface area contributed by atoms with Crippen molar-refractivity contribution in [2.24, 2.45) is 12.8 Å². The number of fused-ring (bicyclic) bond motifs is 1. The number of unbranched alkanes of at least 4 members (excludes halogenated alkanes) is 2. The monoisotopic (exact) mass is 657 g/mol. The molecule has 4 aliphatic heterocycles. The lowest BCUT2D eigenvalue weighted by atomic mass is 9.97. The highest BCUT2D eigenvalue weighted by Crippen LogP contribution is 2.40. The summed E-state index contributed by atoms with van der Waals surface area (Å²) in [5, 5.41) is 2.34. The fourth-order valence-corrected chi connectivity index (χ4v) is 9.20. The van der Waals surface area contributed by atoms with Crippen LogP contribution in [0.3, 0.4) is 0 Å². The van der Waals surface area contributed by atoms with Gasteiger partial charge in [-0.15, -0.1) is 0 Å². The summed E-state index contributed by atoms with van der Waals surface area (Å²) in [4.78, 5) is 52.2. The second-order valence-corrected chi connectivity index (χ2v) is 14.5. The Hall–Kier alpha value is -2.87. The summed E-state index contributed by atoms with van der Waals surface area (Å²) in [6.07, 6.45) is 9.19. The molecule has 12 nitrogen and oxygen atoms in total. The van der Waals surface area contributed by atoms with Crippen molar-refractivity contribution in [2.75, 3.05) is 32.7 Å². The minimum atomic E-state index is -1.17. The number of carbonyl (C=O) groups is 3. The molecule has 2 aromatic rings. The van der Waals surface area contributed by atoms with Gasteiger partial charge in [-0.05, 0) is 75.5 Å². The zero-order chi connectivity index (χ0) is 33.0. The third-order valence-corrected chi connectivity index (χ3v) is 11.9. The number of piperidine rings is 2. The molecule has 46 heavy (non-hydrogen) atoms. The summed E-state index contributed by atoms with van der Waals surface area (Å²) in [6.45, 7) is 7.75. The number of likely N-dealkylation sites (tertiary alicyclic amines) is 1.